The second-order valence-corrected chi connectivity index (χ2v) is 9.89. The first-order valence-electron chi connectivity index (χ1n) is 11.4. The van der Waals surface area contributed by atoms with Gasteiger partial charge >= 0.3 is 0 Å². The van der Waals surface area contributed by atoms with Crippen molar-refractivity contribution in [3.8, 4) is 11.3 Å². The number of fused-ring (bicyclic) bond motifs is 2. The molecule has 1 aliphatic heterocycles. The first-order chi connectivity index (χ1) is 15.9. The van der Waals surface area contributed by atoms with Crippen LogP contribution >= 0.6 is 11.6 Å². The molecule has 0 saturated carbocycles. The topological polar surface area (TPSA) is 46.3 Å². The first kappa shape index (κ1) is 20.6. The SMILES string of the molecule is Cc1nccc(-c2c(C)nc(N3CCC4(CC3)Cc3ccc(F)cc3C4)c3ccnn23)c1Cl. The van der Waals surface area contributed by atoms with Crippen LogP contribution in [0.4, 0.5) is 10.2 Å². The second-order valence-electron chi connectivity index (χ2n) is 9.51. The number of rotatable bonds is 2. The van der Waals surface area contributed by atoms with Crippen molar-refractivity contribution in [3.05, 3.63) is 76.1 Å². The average Bonchev–Trinajstić information content (AvgIpc) is 3.41. The largest absolute Gasteiger partial charge is 0.355 e. The Morgan fingerprint density at radius 1 is 0.970 bits per heavy atom. The molecule has 168 valence electrons. The number of pyridine rings is 1. The molecule has 3 aromatic heterocycles. The highest BCUT2D eigenvalue weighted by Crippen LogP contribution is 2.46. The summed E-state index contributed by atoms with van der Waals surface area (Å²) in [5.74, 6) is 0.836. The molecule has 0 unspecified atom stereocenters. The molecule has 0 atom stereocenters. The molecule has 4 aromatic rings. The lowest BCUT2D eigenvalue weighted by Crippen LogP contribution is -2.41. The highest BCUT2D eigenvalue weighted by atomic mass is 35.5. The van der Waals surface area contributed by atoms with E-state index in [1.165, 1.54) is 11.1 Å². The Bertz CT molecular complexity index is 1390. The predicted octanol–water partition coefficient (Wildman–Crippen LogP) is 5.59. The molecule has 1 aliphatic carbocycles. The van der Waals surface area contributed by atoms with E-state index in [0.29, 0.717) is 5.02 Å². The van der Waals surface area contributed by atoms with E-state index in [9.17, 15) is 4.39 Å². The Labute approximate surface area is 197 Å². The van der Waals surface area contributed by atoms with Gasteiger partial charge in [-0.2, -0.15) is 5.10 Å². The van der Waals surface area contributed by atoms with Crippen molar-refractivity contribution in [3.63, 3.8) is 0 Å². The van der Waals surface area contributed by atoms with Crippen LogP contribution in [0.1, 0.15) is 35.4 Å². The fraction of sp³-hybridized carbons (Fsp3) is 0.346. The summed E-state index contributed by atoms with van der Waals surface area (Å²) in [6.45, 7) is 5.78. The van der Waals surface area contributed by atoms with Gasteiger partial charge in [0.15, 0.2) is 5.82 Å². The monoisotopic (exact) mass is 461 g/mol. The van der Waals surface area contributed by atoms with Crippen LogP contribution in [0.3, 0.4) is 0 Å². The number of benzene rings is 1. The number of hydrogen-bond acceptors (Lipinski definition) is 4. The van der Waals surface area contributed by atoms with Crippen LogP contribution < -0.4 is 4.90 Å². The molecule has 0 amide bonds. The Hall–Kier alpha value is -2.99. The maximum atomic E-state index is 13.7. The van der Waals surface area contributed by atoms with E-state index in [-0.39, 0.29) is 11.2 Å². The third kappa shape index (κ3) is 3.31. The molecule has 0 N–H and O–H groups in total. The van der Waals surface area contributed by atoms with Crippen LogP contribution in [0.2, 0.25) is 5.02 Å². The summed E-state index contributed by atoms with van der Waals surface area (Å²) >= 11 is 6.61. The maximum Gasteiger partial charge on any atom is 0.155 e. The Morgan fingerprint density at radius 3 is 2.58 bits per heavy atom. The van der Waals surface area contributed by atoms with E-state index in [0.717, 1.165) is 72.8 Å². The molecule has 5 nitrogen and oxygen atoms in total. The van der Waals surface area contributed by atoms with Crippen LogP contribution in [-0.4, -0.2) is 32.7 Å². The number of halogens is 2. The predicted molar refractivity (Wildman–Crippen MR) is 128 cm³/mol. The van der Waals surface area contributed by atoms with Crippen LogP contribution in [0.5, 0.6) is 0 Å². The van der Waals surface area contributed by atoms with Crippen LogP contribution in [0.25, 0.3) is 16.8 Å². The van der Waals surface area contributed by atoms with E-state index in [2.05, 4.69) is 15.0 Å². The zero-order valence-electron chi connectivity index (χ0n) is 18.8. The van der Waals surface area contributed by atoms with Crippen molar-refractivity contribution in [2.75, 3.05) is 18.0 Å². The van der Waals surface area contributed by atoms with Crippen molar-refractivity contribution in [1.82, 2.24) is 19.6 Å². The minimum absolute atomic E-state index is 0.129. The van der Waals surface area contributed by atoms with Crippen molar-refractivity contribution in [2.45, 2.75) is 39.5 Å². The van der Waals surface area contributed by atoms with Gasteiger partial charge in [-0.1, -0.05) is 17.7 Å². The summed E-state index contributed by atoms with van der Waals surface area (Å²) in [5.41, 5.74) is 7.18. The fourth-order valence-corrected chi connectivity index (χ4v) is 5.90. The second kappa shape index (κ2) is 7.52. The standard InChI is InChI=1S/C26H25ClFN5/c1-16-23(27)21(5-9-29-16)24-17(2)31-25(22-6-10-30-33(22)24)32-11-7-26(8-12-32)14-18-3-4-20(28)13-19(18)15-26/h3-6,9-10,13H,7-8,11-12,14-15H2,1-2H3. The molecule has 1 saturated heterocycles. The van der Waals surface area contributed by atoms with Gasteiger partial charge < -0.3 is 4.90 Å². The lowest BCUT2D eigenvalue weighted by molar-refractivity contribution is 0.232. The quantitative estimate of drug-likeness (QED) is 0.390. The van der Waals surface area contributed by atoms with Gasteiger partial charge in [0.2, 0.25) is 0 Å². The van der Waals surface area contributed by atoms with E-state index in [4.69, 9.17) is 16.6 Å². The fourth-order valence-electron chi connectivity index (χ4n) is 5.69. The van der Waals surface area contributed by atoms with Crippen molar-refractivity contribution < 1.29 is 4.39 Å². The Kier molecular flexibility index (Phi) is 4.70. The zero-order valence-corrected chi connectivity index (χ0v) is 19.5. The first-order valence-corrected chi connectivity index (χ1v) is 11.8. The smallest absolute Gasteiger partial charge is 0.155 e. The average molecular weight is 462 g/mol. The third-order valence-electron chi connectivity index (χ3n) is 7.44. The Morgan fingerprint density at radius 2 is 1.76 bits per heavy atom. The number of aromatic nitrogens is 4. The number of nitrogens with zero attached hydrogens (tertiary/aromatic N) is 5. The molecule has 33 heavy (non-hydrogen) atoms. The van der Waals surface area contributed by atoms with Crippen LogP contribution in [-0.2, 0) is 12.8 Å². The molecular weight excluding hydrogens is 437 g/mol. The van der Waals surface area contributed by atoms with Crippen molar-refractivity contribution >= 4 is 22.9 Å². The molecule has 2 aliphatic rings. The molecule has 1 fully saturated rings. The molecule has 0 bridgehead atoms. The number of piperidine rings is 1. The van der Waals surface area contributed by atoms with Gasteiger partial charge in [0.05, 0.1) is 28.3 Å². The molecule has 7 heteroatoms. The van der Waals surface area contributed by atoms with Gasteiger partial charge in [0.1, 0.15) is 11.3 Å². The van der Waals surface area contributed by atoms with E-state index >= 15 is 0 Å². The zero-order chi connectivity index (χ0) is 22.7. The summed E-state index contributed by atoms with van der Waals surface area (Å²) in [5, 5.41) is 5.25. The molecule has 4 heterocycles. The molecular formula is C26H25ClFN5. The summed E-state index contributed by atoms with van der Waals surface area (Å²) in [6, 6.07) is 9.23. The summed E-state index contributed by atoms with van der Waals surface area (Å²) < 4.78 is 15.7. The molecule has 0 radical (unpaired) electrons. The highest BCUT2D eigenvalue weighted by Gasteiger charge is 2.40. The van der Waals surface area contributed by atoms with Crippen molar-refractivity contribution in [1.29, 1.82) is 0 Å². The maximum absolute atomic E-state index is 13.7. The summed E-state index contributed by atoms with van der Waals surface area (Å²) in [7, 11) is 0. The van der Waals surface area contributed by atoms with Gasteiger partial charge in [0, 0.05) is 24.8 Å². The molecule has 1 aromatic carbocycles. The van der Waals surface area contributed by atoms with Gasteiger partial charge in [0.25, 0.3) is 0 Å². The summed E-state index contributed by atoms with van der Waals surface area (Å²) in [6.07, 6.45) is 7.75. The minimum atomic E-state index is -0.129. The summed E-state index contributed by atoms with van der Waals surface area (Å²) in [4.78, 5) is 11.7. The number of anilines is 1. The van der Waals surface area contributed by atoms with Gasteiger partial charge in [-0.05, 0) is 80.3 Å². The van der Waals surface area contributed by atoms with Crippen LogP contribution in [0.15, 0.2) is 42.7 Å². The molecule has 6 rings (SSSR count). The number of hydrogen-bond donors (Lipinski definition) is 0. The number of aryl methyl sites for hydroxylation is 2. The van der Waals surface area contributed by atoms with Crippen LogP contribution in [0, 0.1) is 25.1 Å². The Balaban J connectivity index is 1.32. The van der Waals surface area contributed by atoms with Gasteiger partial charge in [-0.15, -0.1) is 0 Å². The van der Waals surface area contributed by atoms with Gasteiger partial charge in [-0.25, -0.2) is 13.9 Å². The lowest BCUT2D eigenvalue weighted by Gasteiger charge is -2.40. The van der Waals surface area contributed by atoms with E-state index in [1.807, 2.05) is 42.8 Å². The third-order valence-corrected chi connectivity index (χ3v) is 7.92. The van der Waals surface area contributed by atoms with E-state index < -0.39 is 0 Å². The van der Waals surface area contributed by atoms with Gasteiger partial charge in [-0.3, -0.25) is 4.98 Å². The highest BCUT2D eigenvalue weighted by molar-refractivity contribution is 6.33. The normalized spacial score (nSPS) is 17.2. The van der Waals surface area contributed by atoms with E-state index in [1.54, 1.807) is 18.3 Å². The lowest BCUT2D eigenvalue weighted by atomic mass is 9.76. The molecule has 1 spiro atoms. The minimum Gasteiger partial charge on any atom is -0.355 e. The van der Waals surface area contributed by atoms with Crippen molar-refractivity contribution in [2.24, 2.45) is 5.41 Å².